The predicted molar refractivity (Wildman–Crippen MR) is 111 cm³/mol. The number of halogens is 4. The molecule has 0 bridgehead atoms. The van der Waals surface area contributed by atoms with Gasteiger partial charge in [-0.25, -0.2) is 4.39 Å². The summed E-state index contributed by atoms with van der Waals surface area (Å²) >= 11 is 0. The summed E-state index contributed by atoms with van der Waals surface area (Å²) in [6, 6.07) is 2.36. The molecule has 0 amide bonds. The van der Waals surface area contributed by atoms with Crippen LogP contribution in [0, 0.1) is 30.5 Å². The van der Waals surface area contributed by atoms with Gasteiger partial charge in [-0.3, -0.25) is 4.79 Å². The minimum absolute atomic E-state index is 0.0540. The van der Waals surface area contributed by atoms with E-state index in [0.29, 0.717) is 5.92 Å². The maximum atomic E-state index is 14.1. The molecule has 0 saturated heterocycles. The van der Waals surface area contributed by atoms with E-state index < -0.39 is 28.9 Å². The second-order valence-corrected chi connectivity index (χ2v) is 9.18. The van der Waals surface area contributed by atoms with Gasteiger partial charge in [-0.2, -0.15) is 13.2 Å². The number of carbonyl (C=O) groups is 1. The first kappa shape index (κ1) is 23.0. The number of allylic oxidation sites excluding steroid dienone is 2. The van der Waals surface area contributed by atoms with Crippen LogP contribution in [0.3, 0.4) is 0 Å². The number of carbonyl (C=O) groups excluding carboxylic acids is 1. The normalized spacial score (nSPS) is 25.1. The van der Waals surface area contributed by atoms with E-state index in [-0.39, 0.29) is 12.0 Å². The summed E-state index contributed by atoms with van der Waals surface area (Å²) < 4.78 is 54.2. The molecular weight excluding hydrogens is 392 g/mol. The largest absolute Gasteiger partial charge is 0.419 e. The highest BCUT2D eigenvalue weighted by molar-refractivity contribution is 5.99. The highest BCUT2D eigenvalue weighted by Crippen LogP contribution is 2.41. The third-order valence-electron chi connectivity index (χ3n) is 7.11. The van der Waals surface area contributed by atoms with Crippen LogP contribution in [0.25, 0.3) is 0 Å². The number of Topliss-reactive ketones (excluding diaryl/α,β-unsaturated/α-hetero) is 1. The Balaban J connectivity index is 1.62. The topological polar surface area (TPSA) is 17.1 Å². The van der Waals surface area contributed by atoms with Crippen molar-refractivity contribution in [3.05, 3.63) is 46.3 Å². The van der Waals surface area contributed by atoms with Crippen LogP contribution >= 0.6 is 0 Å². The Kier molecular flexibility index (Phi) is 7.41. The van der Waals surface area contributed by atoms with E-state index >= 15 is 0 Å². The fraction of sp³-hybridized carbons (Fsp3) is 0.640. The molecule has 1 aromatic rings. The fourth-order valence-electron chi connectivity index (χ4n) is 5.35. The van der Waals surface area contributed by atoms with Crippen LogP contribution in [0.2, 0.25) is 0 Å². The first-order valence-electron chi connectivity index (χ1n) is 11.3. The SMILES string of the molecule is CCCC1CCC(C2CC=C(CC(=O)c3ccc(C)c(F)c3C(F)(F)F)CC2)CC1. The van der Waals surface area contributed by atoms with Crippen LogP contribution in [-0.4, -0.2) is 5.78 Å². The Labute approximate surface area is 176 Å². The highest BCUT2D eigenvalue weighted by Gasteiger charge is 2.39. The van der Waals surface area contributed by atoms with Gasteiger partial charge in [0.15, 0.2) is 5.78 Å². The van der Waals surface area contributed by atoms with Crippen molar-refractivity contribution in [1.29, 1.82) is 0 Å². The lowest BCUT2D eigenvalue weighted by molar-refractivity contribution is -0.140. The van der Waals surface area contributed by atoms with Gasteiger partial charge in [0.1, 0.15) is 11.4 Å². The van der Waals surface area contributed by atoms with E-state index in [1.54, 1.807) is 0 Å². The van der Waals surface area contributed by atoms with E-state index in [9.17, 15) is 22.4 Å². The molecule has 3 rings (SSSR count). The monoisotopic (exact) mass is 424 g/mol. The Morgan fingerprint density at radius 2 is 1.77 bits per heavy atom. The van der Waals surface area contributed by atoms with Crippen LogP contribution in [0.1, 0.15) is 92.6 Å². The Morgan fingerprint density at radius 3 is 2.33 bits per heavy atom. The summed E-state index contributed by atoms with van der Waals surface area (Å²) in [6.07, 6.45) is 7.50. The molecule has 1 atom stereocenters. The van der Waals surface area contributed by atoms with Gasteiger partial charge in [-0.05, 0) is 62.3 Å². The molecule has 1 nitrogen and oxygen atoms in total. The summed E-state index contributed by atoms with van der Waals surface area (Å²) in [5, 5.41) is 0. The molecule has 1 aromatic carbocycles. The second kappa shape index (κ2) is 9.65. The number of rotatable bonds is 6. The smallest absolute Gasteiger partial charge is 0.294 e. The fourth-order valence-corrected chi connectivity index (χ4v) is 5.35. The standard InChI is InChI=1S/C25H32F4O/c1-3-4-17-6-10-19(11-7-17)20-12-8-18(9-13-20)15-22(30)21-14-5-16(2)24(26)23(21)25(27,28)29/h5,8,14,17,19-20H,3-4,6-7,9-13,15H2,1-2H3. The third kappa shape index (κ3) is 5.33. The minimum atomic E-state index is -4.89. The number of benzene rings is 1. The molecule has 0 aliphatic heterocycles. The lowest BCUT2D eigenvalue weighted by Crippen LogP contribution is -2.23. The molecule has 0 N–H and O–H groups in total. The molecular formula is C25H32F4O. The zero-order chi connectivity index (χ0) is 21.9. The van der Waals surface area contributed by atoms with Crippen molar-refractivity contribution in [1.82, 2.24) is 0 Å². The quantitative estimate of drug-likeness (QED) is 0.256. The summed E-state index contributed by atoms with van der Waals surface area (Å²) in [6.45, 7) is 3.52. The van der Waals surface area contributed by atoms with Crippen molar-refractivity contribution < 1.29 is 22.4 Å². The zero-order valence-electron chi connectivity index (χ0n) is 18.0. The van der Waals surface area contributed by atoms with E-state index in [1.807, 2.05) is 0 Å². The van der Waals surface area contributed by atoms with Crippen LogP contribution in [-0.2, 0) is 6.18 Å². The van der Waals surface area contributed by atoms with Gasteiger partial charge in [0.2, 0.25) is 0 Å². The molecule has 1 fully saturated rings. The summed E-state index contributed by atoms with van der Waals surface area (Å²) in [5.74, 6) is 0.232. The molecule has 2 aliphatic carbocycles. The maximum Gasteiger partial charge on any atom is 0.419 e. The Morgan fingerprint density at radius 1 is 1.07 bits per heavy atom. The summed E-state index contributed by atoms with van der Waals surface area (Å²) in [5.41, 5.74) is -1.19. The first-order chi connectivity index (χ1) is 14.2. The highest BCUT2D eigenvalue weighted by atomic mass is 19.4. The predicted octanol–water partition coefficient (Wildman–Crippen LogP) is 8.06. The van der Waals surface area contributed by atoms with Gasteiger partial charge in [-0.15, -0.1) is 0 Å². The van der Waals surface area contributed by atoms with Crippen molar-refractivity contribution >= 4 is 5.78 Å². The Hall–Kier alpha value is -1.65. The van der Waals surface area contributed by atoms with Crippen LogP contribution in [0.4, 0.5) is 17.6 Å². The van der Waals surface area contributed by atoms with Gasteiger partial charge >= 0.3 is 6.18 Å². The van der Waals surface area contributed by atoms with E-state index in [1.165, 1.54) is 51.5 Å². The van der Waals surface area contributed by atoms with Crippen molar-refractivity contribution in [2.24, 2.45) is 17.8 Å². The first-order valence-corrected chi connectivity index (χ1v) is 11.3. The Bertz CT molecular complexity index is 785. The average Bonchev–Trinajstić information content (AvgIpc) is 2.70. The van der Waals surface area contributed by atoms with Crippen molar-refractivity contribution in [3.63, 3.8) is 0 Å². The van der Waals surface area contributed by atoms with E-state index in [4.69, 9.17) is 0 Å². The van der Waals surface area contributed by atoms with Gasteiger partial charge < -0.3 is 0 Å². The lowest BCUT2D eigenvalue weighted by Gasteiger charge is -2.35. The number of ketones is 1. The molecule has 0 spiro atoms. The third-order valence-corrected chi connectivity index (χ3v) is 7.11. The molecule has 1 saturated carbocycles. The molecule has 5 heteroatoms. The van der Waals surface area contributed by atoms with Gasteiger partial charge in [0.25, 0.3) is 0 Å². The molecule has 0 heterocycles. The summed E-state index contributed by atoms with van der Waals surface area (Å²) in [7, 11) is 0. The lowest BCUT2D eigenvalue weighted by atomic mass is 9.70. The molecule has 2 aliphatic rings. The zero-order valence-corrected chi connectivity index (χ0v) is 18.0. The van der Waals surface area contributed by atoms with Crippen LogP contribution in [0.15, 0.2) is 23.8 Å². The van der Waals surface area contributed by atoms with Crippen molar-refractivity contribution in [2.75, 3.05) is 0 Å². The van der Waals surface area contributed by atoms with Gasteiger partial charge in [0.05, 0.1) is 0 Å². The number of alkyl halides is 3. The van der Waals surface area contributed by atoms with Gasteiger partial charge in [-0.1, -0.05) is 56.4 Å². The second-order valence-electron chi connectivity index (χ2n) is 9.18. The molecule has 30 heavy (non-hydrogen) atoms. The molecule has 166 valence electrons. The van der Waals surface area contributed by atoms with E-state index in [2.05, 4.69) is 13.0 Å². The number of hydrogen-bond acceptors (Lipinski definition) is 1. The molecule has 0 aromatic heterocycles. The number of aryl methyl sites for hydroxylation is 1. The average molecular weight is 425 g/mol. The van der Waals surface area contributed by atoms with Crippen LogP contribution in [0.5, 0.6) is 0 Å². The minimum Gasteiger partial charge on any atom is -0.294 e. The molecule has 1 unspecified atom stereocenters. The van der Waals surface area contributed by atoms with Crippen molar-refractivity contribution in [3.8, 4) is 0 Å². The number of hydrogen-bond donors (Lipinski definition) is 0. The maximum absolute atomic E-state index is 14.1. The van der Waals surface area contributed by atoms with Crippen LogP contribution < -0.4 is 0 Å². The molecule has 0 radical (unpaired) electrons. The van der Waals surface area contributed by atoms with Gasteiger partial charge in [0, 0.05) is 12.0 Å². The van der Waals surface area contributed by atoms with Crippen molar-refractivity contribution in [2.45, 2.75) is 84.2 Å². The summed E-state index contributed by atoms with van der Waals surface area (Å²) in [4.78, 5) is 12.6. The van der Waals surface area contributed by atoms with E-state index in [0.717, 1.165) is 42.7 Å².